The minimum Gasteiger partial charge on any atom is -0.493 e. The summed E-state index contributed by atoms with van der Waals surface area (Å²) >= 11 is 0. The van der Waals surface area contributed by atoms with Gasteiger partial charge in [-0.25, -0.2) is 23.5 Å². The summed E-state index contributed by atoms with van der Waals surface area (Å²) in [5.74, 6) is -2.76. The van der Waals surface area contributed by atoms with Gasteiger partial charge in [-0.3, -0.25) is 4.90 Å². The van der Waals surface area contributed by atoms with Crippen molar-refractivity contribution in [1.29, 1.82) is 0 Å². The number of benzene rings is 2. The summed E-state index contributed by atoms with van der Waals surface area (Å²) in [5, 5.41) is 3.04. The van der Waals surface area contributed by atoms with Gasteiger partial charge in [0.25, 0.3) is 0 Å². The van der Waals surface area contributed by atoms with E-state index in [-0.39, 0.29) is 40.9 Å². The lowest BCUT2D eigenvalue weighted by atomic mass is 10.1. The molecule has 0 radical (unpaired) electrons. The topological polar surface area (TPSA) is 119 Å². The summed E-state index contributed by atoms with van der Waals surface area (Å²) in [5.41, 5.74) is 0.131. The van der Waals surface area contributed by atoms with E-state index in [0.29, 0.717) is 37.3 Å². The van der Waals surface area contributed by atoms with Crippen LogP contribution in [0.4, 0.5) is 25.0 Å². The van der Waals surface area contributed by atoms with E-state index in [1.807, 2.05) is 4.90 Å². The highest BCUT2D eigenvalue weighted by Gasteiger charge is 2.37. The average molecular weight is 602 g/mol. The first-order valence-electron chi connectivity index (χ1n) is 13.0. The van der Waals surface area contributed by atoms with Gasteiger partial charge in [-0.05, 0) is 16.2 Å². The molecule has 42 heavy (non-hydrogen) atoms. The second kappa shape index (κ2) is 10.8. The molecule has 4 heterocycles. The first kappa shape index (κ1) is 27.8. The number of hydrogen-bond donors (Lipinski definition) is 1. The zero-order valence-corrected chi connectivity index (χ0v) is 23.5. The number of halogens is 2. The van der Waals surface area contributed by atoms with E-state index < -0.39 is 33.4 Å². The molecule has 0 spiro atoms. The summed E-state index contributed by atoms with van der Waals surface area (Å²) in [6.45, 7) is 2.16. The van der Waals surface area contributed by atoms with Crippen LogP contribution in [-0.4, -0.2) is 68.9 Å². The van der Waals surface area contributed by atoms with Crippen molar-refractivity contribution >= 4 is 38.5 Å². The second-order valence-corrected chi connectivity index (χ2v) is 11.4. The number of hydrogen-bond acceptors (Lipinski definition) is 8. The monoisotopic (exact) mass is 601 g/mol. The van der Waals surface area contributed by atoms with Crippen LogP contribution >= 0.6 is 0 Å². The molecule has 2 aromatic carbocycles. The van der Waals surface area contributed by atoms with Crippen LogP contribution in [0.15, 0.2) is 53.7 Å². The molecule has 4 aromatic rings. The number of aromatic nitrogens is 3. The van der Waals surface area contributed by atoms with E-state index in [0.717, 1.165) is 15.1 Å². The quantitative estimate of drug-likeness (QED) is 0.322. The van der Waals surface area contributed by atoms with Gasteiger partial charge in [0.2, 0.25) is 18.5 Å². The van der Waals surface area contributed by atoms with E-state index in [9.17, 15) is 13.2 Å². The summed E-state index contributed by atoms with van der Waals surface area (Å²) in [6.07, 6.45) is 2.98. The van der Waals surface area contributed by atoms with E-state index in [2.05, 4.69) is 10.3 Å². The molecule has 2 aliphatic rings. The van der Waals surface area contributed by atoms with Crippen molar-refractivity contribution in [3.05, 3.63) is 66.0 Å². The van der Waals surface area contributed by atoms with Gasteiger partial charge in [0.05, 0.1) is 44.6 Å². The number of urea groups is 1. The molecular weight excluding hydrogens is 574 g/mol. The van der Waals surface area contributed by atoms with Crippen molar-refractivity contribution in [3.8, 4) is 11.5 Å². The zero-order valence-electron chi connectivity index (χ0n) is 22.7. The van der Waals surface area contributed by atoms with Gasteiger partial charge in [-0.1, -0.05) is 22.9 Å². The molecule has 1 fully saturated rings. The molecule has 0 unspecified atom stereocenters. The van der Waals surface area contributed by atoms with Crippen LogP contribution in [0.2, 0.25) is 0 Å². The van der Waals surface area contributed by atoms with E-state index in [1.54, 1.807) is 24.4 Å². The smallest absolute Gasteiger partial charge is 0.326 e. The van der Waals surface area contributed by atoms with Crippen molar-refractivity contribution in [2.24, 2.45) is 0 Å². The standard InChI is InChI=1S/C27H26F2N6O6S/c1-39-20-12-21(40-2)23(29)25(22(20)28)34-14-17-13-30-26-19(24(17)31-27(34)36)15-33(16-32-8-10-41-11-9-32)35(26)42(37,38)18-6-4-3-5-7-18/h3-7,12-13,15H,8-11,14,16H2,1-2H3/p+1. The third-order valence-electron chi connectivity index (χ3n) is 7.21. The molecule has 2 aliphatic heterocycles. The van der Waals surface area contributed by atoms with Gasteiger partial charge in [-0.15, -0.1) is 0 Å². The van der Waals surface area contributed by atoms with E-state index in [1.165, 1.54) is 37.2 Å². The Morgan fingerprint density at radius 2 is 1.74 bits per heavy atom. The van der Waals surface area contributed by atoms with Crippen molar-refractivity contribution in [3.63, 3.8) is 0 Å². The normalized spacial score (nSPS) is 15.9. The van der Waals surface area contributed by atoms with Gasteiger partial charge >= 0.3 is 16.1 Å². The van der Waals surface area contributed by atoms with Gasteiger partial charge in [-0.2, -0.15) is 8.42 Å². The molecule has 0 saturated carbocycles. The number of nitrogens with zero attached hydrogens (tertiary/aromatic N) is 5. The molecule has 2 amide bonds. The van der Waals surface area contributed by atoms with Crippen LogP contribution in [0, 0.1) is 11.6 Å². The number of ether oxygens (including phenoxy) is 3. The van der Waals surface area contributed by atoms with Crippen molar-refractivity contribution < 1.29 is 40.9 Å². The Hall–Kier alpha value is -4.34. The third-order valence-corrected chi connectivity index (χ3v) is 8.92. The zero-order chi connectivity index (χ0) is 29.6. The maximum absolute atomic E-state index is 15.3. The number of carbonyl (C=O) groups excluding carboxylic acids is 1. The van der Waals surface area contributed by atoms with Crippen LogP contribution in [-0.2, 0) is 28.0 Å². The maximum atomic E-state index is 15.3. The summed E-state index contributed by atoms with van der Waals surface area (Å²) in [7, 11) is -1.69. The Labute approximate surface area is 239 Å². The Morgan fingerprint density at radius 1 is 1.07 bits per heavy atom. The molecular formula is C27H27F2N6O6S+. The molecule has 0 bridgehead atoms. The van der Waals surface area contributed by atoms with Gasteiger partial charge in [0, 0.05) is 30.9 Å². The summed E-state index contributed by atoms with van der Waals surface area (Å²) in [4.78, 5) is 20.8. The number of morpholine rings is 1. The lowest BCUT2D eigenvalue weighted by molar-refractivity contribution is -0.774. The lowest BCUT2D eigenvalue weighted by Crippen LogP contribution is -2.53. The fraction of sp³-hybridized carbons (Fsp3) is 0.296. The number of nitrogens with one attached hydrogen (secondary N) is 1. The molecule has 0 aliphatic carbocycles. The maximum Gasteiger partial charge on any atom is 0.326 e. The number of rotatable bonds is 7. The highest BCUT2D eigenvalue weighted by atomic mass is 32.2. The molecule has 6 rings (SSSR count). The Kier molecular flexibility index (Phi) is 7.16. The first-order valence-corrected chi connectivity index (χ1v) is 14.4. The van der Waals surface area contributed by atoms with Crippen LogP contribution in [0.1, 0.15) is 5.56 Å². The SMILES string of the molecule is COc1cc(OC)c(F)c(N2Cc3cnc4c(c[n+](CN5CCOCC5)n4S(=O)(=O)c4ccccc4)c3NC2=O)c1F. The average Bonchev–Trinajstić information content (AvgIpc) is 3.38. The van der Waals surface area contributed by atoms with Crippen molar-refractivity contribution in [1.82, 2.24) is 14.0 Å². The number of carbonyl (C=O) groups is 1. The number of pyridine rings is 1. The van der Waals surface area contributed by atoms with Gasteiger partial charge in [0.15, 0.2) is 23.1 Å². The van der Waals surface area contributed by atoms with Crippen LogP contribution in [0.5, 0.6) is 11.5 Å². The van der Waals surface area contributed by atoms with Gasteiger partial charge < -0.3 is 19.5 Å². The Balaban J connectivity index is 1.48. The largest absolute Gasteiger partial charge is 0.493 e. The predicted octanol–water partition coefficient (Wildman–Crippen LogP) is 2.70. The minimum absolute atomic E-state index is 0.0610. The third kappa shape index (κ3) is 4.59. The highest BCUT2D eigenvalue weighted by Crippen LogP contribution is 2.40. The summed E-state index contributed by atoms with van der Waals surface area (Å²) in [6, 6.07) is 8.17. The minimum atomic E-state index is -4.11. The first-order chi connectivity index (χ1) is 20.2. The van der Waals surface area contributed by atoms with E-state index >= 15 is 8.78 Å². The van der Waals surface area contributed by atoms with Crippen LogP contribution in [0.25, 0.3) is 11.0 Å². The molecule has 2 aromatic heterocycles. The number of amides is 2. The second-order valence-electron chi connectivity index (χ2n) is 9.67. The van der Waals surface area contributed by atoms with Crippen molar-refractivity contribution in [2.75, 3.05) is 50.7 Å². The van der Waals surface area contributed by atoms with Gasteiger partial charge in [0.1, 0.15) is 11.1 Å². The fourth-order valence-electron chi connectivity index (χ4n) is 5.12. The van der Waals surface area contributed by atoms with Crippen molar-refractivity contribution in [2.45, 2.75) is 18.1 Å². The molecule has 15 heteroatoms. The number of methoxy groups -OCH3 is 2. The fourth-order valence-corrected chi connectivity index (χ4v) is 6.57. The summed E-state index contributed by atoms with van der Waals surface area (Å²) < 4.78 is 76.4. The van der Waals surface area contributed by atoms with Crippen LogP contribution < -0.4 is 24.4 Å². The lowest BCUT2D eigenvalue weighted by Gasteiger charge is -2.30. The van der Waals surface area contributed by atoms with Crippen LogP contribution in [0.3, 0.4) is 0 Å². The Bertz CT molecular complexity index is 1770. The predicted molar refractivity (Wildman–Crippen MR) is 146 cm³/mol. The molecule has 12 nitrogen and oxygen atoms in total. The molecule has 0 atom stereocenters. The molecule has 1 saturated heterocycles. The Morgan fingerprint density at radius 3 is 2.38 bits per heavy atom. The number of anilines is 2. The van der Waals surface area contributed by atoms with E-state index in [4.69, 9.17) is 14.2 Å². The highest BCUT2D eigenvalue weighted by molar-refractivity contribution is 7.90. The molecule has 220 valence electrons. The number of fused-ring (bicyclic) bond motifs is 3. The molecule has 1 N–H and O–H groups in total.